The van der Waals surface area contributed by atoms with Gasteiger partial charge in [-0.25, -0.2) is 4.98 Å². The summed E-state index contributed by atoms with van der Waals surface area (Å²) in [6, 6.07) is 12.3. The van der Waals surface area contributed by atoms with Crippen LogP contribution < -0.4 is 10.1 Å². The fraction of sp³-hybridized carbons (Fsp3) is 0.120. The zero-order chi connectivity index (χ0) is 25.2. The van der Waals surface area contributed by atoms with E-state index < -0.39 is 17.3 Å². The molecule has 2 heterocycles. The molecule has 0 spiro atoms. The molecule has 6 nitrogen and oxygen atoms in total. The van der Waals surface area contributed by atoms with E-state index in [2.05, 4.69) is 15.3 Å². The number of allylic oxidation sites excluding steroid dienone is 1. The SMILES string of the molecule is Cc1cc(/C=C/C#N)cc(C)c1Oc1nc(Nc2ccc(C#N)c(C(F)(F)F)c2)nc2ccsc12. The van der Waals surface area contributed by atoms with Gasteiger partial charge in [0.05, 0.1) is 28.8 Å². The molecule has 0 aliphatic carbocycles. The summed E-state index contributed by atoms with van der Waals surface area (Å²) in [6.07, 6.45) is -1.60. The molecule has 1 N–H and O–H groups in total. The summed E-state index contributed by atoms with van der Waals surface area (Å²) in [4.78, 5) is 8.80. The fourth-order valence-corrected chi connectivity index (χ4v) is 4.27. The first kappa shape index (κ1) is 23.7. The van der Waals surface area contributed by atoms with Crippen LogP contribution >= 0.6 is 11.3 Å². The minimum absolute atomic E-state index is 0.0487. The largest absolute Gasteiger partial charge is 0.437 e. The second-order valence-electron chi connectivity index (χ2n) is 7.53. The molecule has 2 aromatic heterocycles. The molecule has 0 fully saturated rings. The summed E-state index contributed by atoms with van der Waals surface area (Å²) in [5, 5.41) is 22.4. The van der Waals surface area contributed by atoms with Gasteiger partial charge in [0.15, 0.2) is 0 Å². The van der Waals surface area contributed by atoms with E-state index in [1.807, 2.05) is 37.4 Å². The standard InChI is InChI=1S/C25H16F3N5OS/c1-14-10-16(4-3-8-29)11-15(2)21(14)34-23-22-20(7-9-35-22)32-24(33-23)31-18-6-5-17(13-30)19(12-18)25(26,27)28/h3-7,9-12H,1-2H3,(H,31,32,33)/b4-3+. The van der Waals surface area contributed by atoms with Crippen molar-refractivity contribution < 1.29 is 17.9 Å². The number of halogens is 3. The smallest absolute Gasteiger partial charge is 0.417 e. The molecule has 0 saturated carbocycles. The van der Waals surface area contributed by atoms with Crippen molar-refractivity contribution in [2.75, 3.05) is 5.32 Å². The summed E-state index contributed by atoms with van der Waals surface area (Å²) >= 11 is 1.38. The van der Waals surface area contributed by atoms with Gasteiger partial charge < -0.3 is 10.1 Å². The normalized spacial score (nSPS) is 11.4. The van der Waals surface area contributed by atoms with Crippen molar-refractivity contribution in [3.63, 3.8) is 0 Å². The Kier molecular flexibility index (Phi) is 6.41. The molecule has 0 bridgehead atoms. The van der Waals surface area contributed by atoms with Crippen LogP contribution in [-0.2, 0) is 6.18 Å². The minimum atomic E-state index is -4.68. The number of aryl methyl sites for hydroxylation is 2. The number of nitrogens with one attached hydrogen (secondary N) is 1. The first-order valence-corrected chi connectivity index (χ1v) is 11.1. The number of nitrogens with zero attached hydrogens (tertiary/aromatic N) is 4. The van der Waals surface area contributed by atoms with E-state index in [9.17, 15) is 13.2 Å². The highest BCUT2D eigenvalue weighted by molar-refractivity contribution is 7.17. The second-order valence-corrected chi connectivity index (χ2v) is 8.45. The van der Waals surface area contributed by atoms with Gasteiger partial charge in [0.1, 0.15) is 10.4 Å². The number of aromatic nitrogens is 2. The third-order valence-electron chi connectivity index (χ3n) is 5.01. The maximum absolute atomic E-state index is 13.4. The fourth-order valence-electron chi connectivity index (χ4n) is 3.52. The van der Waals surface area contributed by atoms with E-state index in [1.54, 1.807) is 18.2 Å². The molecule has 0 saturated heterocycles. The first-order valence-electron chi connectivity index (χ1n) is 10.2. The van der Waals surface area contributed by atoms with Gasteiger partial charge in [0.2, 0.25) is 11.8 Å². The first-order chi connectivity index (χ1) is 16.7. The van der Waals surface area contributed by atoms with Crippen LogP contribution in [0.3, 0.4) is 0 Å². The summed E-state index contributed by atoms with van der Waals surface area (Å²) in [5.74, 6) is 0.882. The van der Waals surface area contributed by atoms with Crippen molar-refractivity contribution >= 4 is 39.3 Å². The van der Waals surface area contributed by atoms with Crippen molar-refractivity contribution in [2.24, 2.45) is 0 Å². The number of nitriles is 2. The van der Waals surface area contributed by atoms with Crippen molar-refractivity contribution in [1.82, 2.24) is 9.97 Å². The summed E-state index contributed by atoms with van der Waals surface area (Å²) in [5.41, 5.74) is 1.62. The molecule has 0 amide bonds. The van der Waals surface area contributed by atoms with Crippen LogP contribution in [0, 0.1) is 36.5 Å². The van der Waals surface area contributed by atoms with E-state index in [0.29, 0.717) is 16.0 Å². The minimum Gasteiger partial charge on any atom is -0.437 e. The number of hydrogen-bond donors (Lipinski definition) is 1. The third-order valence-corrected chi connectivity index (χ3v) is 5.90. The maximum atomic E-state index is 13.4. The van der Waals surface area contributed by atoms with Gasteiger partial charge in [-0.05, 0) is 78.4 Å². The second kappa shape index (κ2) is 9.45. The molecular weight excluding hydrogens is 475 g/mol. The Balaban J connectivity index is 1.72. The van der Waals surface area contributed by atoms with Crippen LogP contribution in [-0.4, -0.2) is 9.97 Å². The molecular formula is C25H16F3N5OS. The molecule has 10 heteroatoms. The Hall–Kier alpha value is -4.41. The van der Waals surface area contributed by atoms with E-state index in [4.69, 9.17) is 15.3 Å². The number of anilines is 2. The number of rotatable bonds is 5. The van der Waals surface area contributed by atoms with Gasteiger partial charge in [-0.1, -0.05) is 0 Å². The quantitative estimate of drug-likeness (QED) is 0.295. The lowest BCUT2D eigenvalue weighted by molar-refractivity contribution is -0.137. The highest BCUT2D eigenvalue weighted by Crippen LogP contribution is 2.37. The van der Waals surface area contributed by atoms with Crippen LogP contribution in [0.2, 0.25) is 0 Å². The predicted molar refractivity (Wildman–Crippen MR) is 127 cm³/mol. The van der Waals surface area contributed by atoms with Crippen molar-refractivity contribution in [3.8, 4) is 23.8 Å². The molecule has 174 valence electrons. The highest BCUT2D eigenvalue weighted by Gasteiger charge is 2.34. The summed E-state index contributed by atoms with van der Waals surface area (Å²) in [7, 11) is 0. The molecule has 0 aliphatic rings. The summed E-state index contributed by atoms with van der Waals surface area (Å²) in [6.45, 7) is 3.74. The van der Waals surface area contributed by atoms with Gasteiger partial charge in [-0.3, -0.25) is 0 Å². The van der Waals surface area contributed by atoms with Crippen LogP contribution in [0.25, 0.3) is 16.3 Å². The number of benzene rings is 2. The highest BCUT2D eigenvalue weighted by atomic mass is 32.1. The van der Waals surface area contributed by atoms with Crippen LogP contribution in [0.15, 0.2) is 47.9 Å². The molecule has 35 heavy (non-hydrogen) atoms. The average molecular weight is 491 g/mol. The predicted octanol–water partition coefficient (Wildman–Crippen LogP) is 7.27. The number of thiophene rings is 1. The topological polar surface area (TPSA) is 94.6 Å². The number of fused-ring (bicyclic) bond motifs is 1. The Morgan fingerprint density at radius 2 is 1.80 bits per heavy atom. The Bertz CT molecular complexity index is 1520. The van der Waals surface area contributed by atoms with E-state index in [-0.39, 0.29) is 17.5 Å². The van der Waals surface area contributed by atoms with Crippen LogP contribution in [0.5, 0.6) is 11.6 Å². The average Bonchev–Trinajstić information content (AvgIpc) is 3.28. The molecule has 4 rings (SSSR count). The lowest BCUT2D eigenvalue weighted by Crippen LogP contribution is -2.09. The Labute approximate surface area is 202 Å². The van der Waals surface area contributed by atoms with Gasteiger partial charge in [0, 0.05) is 11.8 Å². The van der Waals surface area contributed by atoms with Crippen LogP contribution in [0.4, 0.5) is 24.8 Å². The molecule has 2 aromatic carbocycles. The molecule has 0 radical (unpaired) electrons. The van der Waals surface area contributed by atoms with Crippen molar-refractivity contribution in [1.29, 1.82) is 10.5 Å². The van der Waals surface area contributed by atoms with Gasteiger partial charge in [-0.2, -0.15) is 28.7 Å². The van der Waals surface area contributed by atoms with Crippen molar-refractivity contribution in [3.05, 3.63) is 75.7 Å². The molecule has 0 aliphatic heterocycles. The van der Waals surface area contributed by atoms with Gasteiger partial charge >= 0.3 is 6.18 Å². The van der Waals surface area contributed by atoms with E-state index in [0.717, 1.165) is 28.8 Å². The van der Waals surface area contributed by atoms with Gasteiger partial charge in [-0.15, -0.1) is 11.3 Å². The lowest BCUT2D eigenvalue weighted by Gasteiger charge is -2.14. The van der Waals surface area contributed by atoms with E-state index >= 15 is 0 Å². The van der Waals surface area contributed by atoms with Gasteiger partial charge in [0.25, 0.3) is 0 Å². The monoisotopic (exact) mass is 491 g/mol. The number of ether oxygens (including phenoxy) is 1. The summed E-state index contributed by atoms with van der Waals surface area (Å²) < 4.78 is 46.9. The number of alkyl halides is 3. The zero-order valence-electron chi connectivity index (χ0n) is 18.4. The van der Waals surface area contributed by atoms with Crippen molar-refractivity contribution in [2.45, 2.75) is 20.0 Å². The zero-order valence-corrected chi connectivity index (χ0v) is 19.3. The van der Waals surface area contributed by atoms with Crippen LogP contribution in [0.1, 0.15) is 27.8 Å². The Morgan fingerprint density at radius 3 is 2.46 bits per heavy atom. The Morgan fingerprint density at radius 1 is 1.06 bits per heavy atom. The third kappa shape index (κ3) is 5.08. The molecule has 0 atom stereocenters. The lowest BCUT2D eigenvalue weighted by atomic mass is 10.1. The number of hydrogen-bond acceptors (Lipinski definition) is 7. The molecule has 4 aromatic rings. The maximum Gasteiger partial charge on any atom is 0.417 e. The van der Waals surface area contributed by atoms with E-state index in [1.165, 1.54) is 23.5 Å². The molecule has 0 unspecified atom stereocenters.